The minimum absolute atomic E-state index is 0.133. The van der Waals surface area contributed by atoms with Crippen molar-refractivity contribution < 1.29 is 18.4 Å². The summed E-state index contributed by atoms with van der Waals surface area (Å²) in [4.78, 5) is 11.6. The van der Waals surface area contributed by atoms with Crippen LogP contribution in [0.25, 0.3) is 0 Å². The Balaban J connectivity index is 1.84. The maximum Gasteiger partial charge on any atom is 0.305 e. The molecule has 0 radical (unpaired) electrons. The molecule has 0 aromatic heterocycles. The van der Waals surface area contributed by atoms with Crippen molar-refractivity contribution in [3.63, 3.8) is 0 Å². The monoisotopic (exact) mass is 504 g/mol. The lowest BCUT2D eigenvalue weighted by Gasteiger charge is -2.56. The fourth-order valence-corrected chi connectivity index (χ4v) is 7.85. The van der Waals surface area contributed by atoms with Gasteiger partial charge in [0, 0.05) is 12.3 Å². The Morgan fingerprint density at radius 3 is 2.12 bits per heavy atom. The molecule has 3 aliphatic carbocycles. The van der Waals surface area contributed by atoms with Crippen LogP contribution in [0.1, 0.15) is 73.6 Å². The zero-order valence-electron chi connectivity index (χ0n) is 23.6. The molecule has 34 heavy (non-hydrogen) atoms. The lowest BCUT2D eigenvalue weighted by Crippen LogP contribution is -2.59. The molecule has 6 heteroatoms. The highest BCUT2D eigenvalue weighted by Crippen LogP contribution is 2.59. The first-order valence-corrected chi connectivity index (χ1v) is 18.9. The van der Waals surface area contributed by atoms with Crippen LogP contribution in [-0.2, 0) is 18.4 Å². The van der Waals surface area contributed by atoms with Gasteiger partial charge in [0.25, 0.3) is 0 Å². The fourth-order valence-electron chi connectivity index (χ4n) is 5.12. The van der Waals surface area contributed by atoms with E-state index in [1.54, 1.807) is 0 Å². The predicted octanol–water partition coefficient (Wildman–Crippen LogP) is 7.08. The molecule has 0 amide bonds. The Labute approximate surface area is 210 Å². The fraction of sp³-hybridized carbons (Fsp3) is 0.821. The molecule has 3 rings (SSSR count). The van der Waals surface area contributed by atoms with Crippen LogP contribution in [0.4, 0.5) is 0 Å². The summed E-state index contributed by atoms with van der Waals surface area (Å²) in [7, 11) is -2.47. The summed E-state index contributed by atoms with van der Waals surface area (Å²) in [6.07, 6.45) is 6.98. The Kier molecular flexibility index (Phi) is 7.51. The molecule has 0 saturated heterocycles. The summed E-state index contributed by atoms with van der Waals surface area (Å²) < 4.78 is 19.0. The molecule has 0 spiro atoms. The molecule has 2 fully saturated rings. The number of allylic oxidation sites excluding steroid dienone is 2. The first-order chi connectivity index (χ1) is 15.4. The van der Waals surface area contributed by atoms with Gasteiger partial charge in [-0.05, 0) is 73.8 Å². The molecule has 0 heterocycles. The minimum atomic E-state index is -2.00. The van der Waals surface area contributed by atoms with Gasteiger partial charge in [-0.25, -0.2) is 0 Å². The molecule has 0 bridgehead atoms. The molecule has 4 atom stereocenters. The van der Waals surface area contributed by atoms with Crippen LogP contribution >= 0.6 is 0 Å². The van der Waals surface area contributed by atoms with Crippen LogP contribution in [0, 0.1) is 29.6 Å². The van der Waals surface area contributed by atoms with E-state index in [4.69, 9.17) is 13.6 Å². The lowest BCUT2D eigenvalue weighted by molar-refractivity contribution is -0.140. The summed E-state index contributed by atoms with van der Waals surface area (Å²) in [5, 5.41) is 0.305. The van der Waals surface area contributed by atoms with Crippen molar-refractivity contribution in [3.8, 4) is 11.8 Å². The highest BCUT2D eigenvalue weighted by atomic mass is 28.4. The second kappa shape index (κ2) is 9.21. The maximum atomic E-state index is 11.6. The molecule has 0 aromatic carbocycles. The molecule has 0 N–H and O–H groups in total. The lowest BCUT2D eigenvalue weighted by atomic mass is 9.54. The van der Waals surface area contributed by atoms with Gasteiger partial charge in [-0.15, -0.1) is 0 Å². The standard InChI is InChI=1S/C28H48O4Si2/c1-26(2,3)33(8,9)31-23-16-15-21-20(13-12-14-24(29)30-7)19-22(21)25(23)28(17-18-28)32-34(10,11)27(4,5)6/h13,21-23,25H,12,14-16,19H2,1-11H3/t21-,22+,23-,25+/m0/s1. The summed E-state index contributed by atoms with van der Waals surface area (Å²) in [6, 6.07) is 0. The Morgan fingerprint density at radius 2 is 1.62 bits per heavy atom. The van der Waals surface area contributed by atoms with E-state index < -0.39 is 22.2 Å². The average Bonchev–Trinajstić information content (AvgIpc) is 3.42. The molecule has 3 aliphatic rings. The van der Waals surface area contributed by atoms with Crippen LogP contribution < -0.4 is 0 Å². The van der Waals surface area contributed by atoms with Crippen molar-refractivity contribution in [1.82, 2.24) is 0 Å². The first kappa shape index (κ1) is 27.7. The summed E-state index contributed by atoms with van der Waals surface area (Å²) in [5.41, 5.74) is 1.02. The topological polar surface area (TPSA) is 44.8 Å². The largest absolute Gasteiger partial charge is 0.469 e. The van der Waals surface area contributed by atoms with Gasteiger partial charge in [0.2, 0.25) is 0 Å². The van der Waals surface area contributed by atoms with Gasteiger partial charge < -0.3 is 13.6 Å². The number of esters is 1. The van der Waals surface area contributed by atoms with Crippen molar-refractivity contribution in [3.05, 3.63) is 11.6 Å². The summed E-state index contributed by atoms with van der Waals surface area (Å²) in [6.45, 7) is 23.3. The van der Waals surface area contributed by atoms with Crippen molar-refractivity contribution in [1.29, 1.82) is 0 Å². The molecule has 0 aliphatic heterocycles. The van der Waals surface area contributed by atoms with Crippen LogP contribution in [0.2, 0.25) is 36.3 Å². The van der Waals surface area contributed by atoms with Crippen LogP contribution in [-0.4, -0.2) is 41.4 Å². The third kappa shape index (κ3) is 5.43. The quantitative estimate of drug-likeness (QED) is 0.153. The highest BCUT2D eigenvalue weighted by Gasteiger charge is 2.62. The number of carbonyl (C=O) groups is 1. The van der Waals surface area contributed by atoms with Crippen molar-refractivity contribution in [2.45, 2.75) is 122 Å². The van der Waals surface area contributed by atoms with Crippen LogP contribution in [0.15, 0.2) is 11.6 Å². The molecule has 0 aromatic rings. The van der Waals surface area contributed by atoms with E-state index in [0.29, 0.717) is 18.3 Å². The second-order valence-corrected chi connectivity index (χ2v) is 23.2. The van der Waals surface area contributed by atoms with E-state index >= 15 is 0 Å². The maximum absolute atomic E-state index is 11.6. The SMILES string of the molecule is COC(=O)CCC=C1C[C@H]2[C@@H](C3(O[Si](C)(C)C(C)(C)C)C#C3)[C@@H](O[Si](C)(C)C(C)(C)C)CC[C@@H]12. The van der Waals surface area contributed by atoms with Gasteiger partial charge in [0.15, 0.2) is 22.2 Å². The third-order valence-electron chi connectivity index (χ3n) is 9.39. The number of carbonyl (C=O) groups excluding carboxylic acids is 1. The molecular formula is C28H48O4Si2. The number of hydrogen-bond acceptors (Lipinski definition) is 4. The molecule has 192 valence electrons. The van der Waals surface area contributed by atoms with Crippen molar-refractivity contribution >= 4 is 22.6 Å². The number of methoxy groups -OCH3 is 1. The van der Waals surface area contributed by atoms with Gasteiger partial charge in [0.05, 0.1) is 13.2 Å². The zero-order chi connectivity index (χ0) is 25.7. The first-order valence-electron chi connectivity index (χ1n) is 13.1. The highest BCUT2D eigenvalue weighted by molar-refractivity contribution is 6.74. The van der Waals surface area contributed by atoms with Gasteiger partial charge >= 0.3 is 5.97 Å². The van der Waals surface area contributed by atoms with Gasteiger partial charge in [-0.2, -0.15) is 0 Å². The minimum Gasteiger partial charge on any atom is -0.469 e. The molecule has 0 unspecified atom stereocenters. The number of fused-ring (bicyclic) bond motifs is 1. The number of rotatable bonds is 8. The summed E-state index contributed by atoms with van der Waals surface area (Å²) in [5.74, 6) is 8.19. The summed E-state index contributed by atoms with van der Waals surface area (Å²) >= 11 is 0. The normalized spacial score (nSPS) is 29.6. The molecule has 2 saturated carbocycles. The van der Waals surface area contributed by atoms with Gasteiger partial charge in [-0.3, -0.25) is 4.79 Å². The van der Waals surface area contributed by atoms with E-state index in [-0.39, 0.29) is 28.1 Å². The smallest absolute Gasteiger partial charge is 0.305 e. The van der Waals surface area contributed by atoms with E-state index in [1.807, 2.05) is 0 Å². The van der Waals surface area contributed by atoms with E-state index in [2.05, 4.69) is 85.6 Å². The van der Waals surface area contributed by atoms with Crippen LogP contribution in [0.3, 0.4) is 0 Å². The Morgan fingerprint density at radius 1 is 1.03 bits per heavy atom. The molecule has 4 nitrogen and oxygen atoms in total. The predicted molar refractivity (Wildman–Crippen MR) is 145 cm³/mol. The average molecular weight is 505 g/mol. The van der Waals surface area contributed by atoms with Crippen molar-refractivity contribution in [2.75, 3.05) is 7.11 Å². The van der Waals surface area contributed by atoms with Crippen LogP contribution in [0.5, 0.6) is 0 Å². The van der Waals surface area contributed by atoms with Gasteiger partial charge in [-0.1, -0.05) is 65.0 Å². The Hall–Kier alpha value is -0.876. The van der Waals surface area contributed by atoms with Crippen molar-refractivity contribution in [2.24, 2.45) is 17.8 Å². The third-order valence-corrected chi connectivity index (χ3v) is 18.3. The van der Waals surface area contributed by atoms with E-state index in [9.17, 15) is 4.79 Å². The Bertz CT molecular complexity index is 871. The van der Waals surface area contributed by atoms with E-state index in [0.717, 1.165) is 25.7 Å². The zero-order valence-corrected chi connectivity index (χ0v) is 25.6. The van der Waals surface area contributed by atoms with E-state index in [1.165, 1.54) is 12.7 Å². The number of hydrogen-bond donors (Lipinski definition) is 0. The van der Waals surface area contributed by atoms with Gasteiger partial charge in [0.1, 0.15) is 0 Å². The number of ether oxygens (including phenoxy) is 1. The second-order valence-electron chi connectivity index (χ2n) is 13.7. The molecular weight excluding hydrogens is 456 g/mol.